The average molecular weight is 327 g/mol. The van der Waals surface area contributed by atoms with E-state index in [1.807, 2.05) is 0 Å². The van der Waals surface area contributed by atoms with Crippen LogP contribution in [0.4, 0.5) is 5.69 Å². The summed E-state index contributed by atoms with van der Waals surface area (Å²) in [5.41, 5.74) is 6.57. The Labute approximate surface area is 97.7 Å². The van der Waals surface area contributed by atoms with Gasteiger partial charge in [-0.3, -0.25) is 4.79 Å². The molecular formula is C8H6Br2ClNO. The van der Waals surface area contributed by atoms with E-state index in [0.717, 1.165) is 0 Å². The number of nitrogen functional groups attached to an aromatic ring is 1. The van der Waals surface area contributed by atoms with Gasteiger partial charge in [0.25, 0.3) is 0 Å². The van der Waals surface area contributed by atoms with Crippen molar-refractivity contribution < 1.29 is 4.79 Å². The Morgan fingerprint density at radius 2 is 2.15 bits per heavy atom. The molecule has 0 saturated carbocycles. The minimum absolute atomic E-state index is 0.0322. The molecular weight excluding hydrogens is 321 g/mol. The van der Waals surface area contributed by atoms with Crippen molar-refractivity contribution in [2.75, 3.05) is 11.1 Å². The Hall–Kier alpha value is -0.0600. The molecule has 0 unspecified atom stereocenters. The van der Waals surface area contributed by atoms with Gasteiger partial charge in [-0.2, -0.15) is 0 Å². The second kappa shape index (κ2) is 4.44. The molecule has 13 heavy (non-hydrogen) atoms. The van der Waals surface area contributed by atoms with Crippen LogP contribution in [0.1, 0.15) is 10.4 Å². The van der Waals surface area contributed by atoms with Gasteiger partial charge < -0.3 is 5.73 Å². The van der Waals surface area contributed by atoms with Crippen LogP contribution in [-0.2, 0) is 0 Å². The van der Waals surface area contributed by atoms with Crippen LogP contribution in [0.3, 0.4) is 0 Å². The molecule has 0 aliphatic carbocycles. The first-order valence-corrected chi connectivity index (χ1v) is 5.69. The van der Waals surface area contributed by atoms with E-state index in [4.69, 9.17) is 17.3 Å². The van der Waals surface area contributed by atoms with Gasteiger partial charge in [0.2, 0.25) is 0 Å². The van der Waals surface area contributed by atoms with Gasteiger partial charge in [-0.05, 0) is 28.1 Å². The van der Waals surface area contributed by atoms with E-state index in [9.17, 15) is 4.79 Å². The Kier molecular flexibility index (Phi) is 3.76. The first kappa shape index (κ1) is 11.0. The largest absolute Gasteiger partial charge is 0.397 e. The molecule has 5 heteroatoms. The molecule has 1 aromatic carbocycles. The number of alkyl halides is 1. The van der Waals surface area contributed by atoms with E-state index >= 15 is 0 Å². The van der Waals surface area contributed by atoms with Gasteiger partial charge >= 0.3 is 0 Å². The number of nitrogens with two attached hydrogens (primary N) is 1. The highest BCUT2D eigenvalue weighted by atomic mass is 79.9. The lowest BCUT2D eigenvalue weighted by Gasteiger charge is -2.05. The highest BCUT2D eigenvalue weighted by Crippen LogP contribution is 2.31. The van der Waals surface area contributed by atoms with Gasteiger partial charge in [0, 0.05) is 5.56 Å². The van der Waals surface area contributed by atoms with Crippen molar-refractivity contribution in [2.45, 2.75) is 0 Å². The molecule has 2 N–H and O–H groups in total. The summed E-state index contributed by atoms with van der Waals surface area (Å²) >= 11 is 12.1. The minimum Gasteiger partial charge on any atom is -0.397 e. The molecule has 0 radical (unpaired) electrons. The molecule has 2 nitrogen and oxygen atoms in total. The summed E-state index contributed by atoms with van der Waals surface area (Å²) in [6.45, 7) is 0. The molecule has 70 valence electrons. The fraction of sp³-hybridized carbons (Fsp3) is 0.125. The number of anilines is 1. The molecule has 0 heterocycles. The van der Waals surface area contributed by atoms with Gasteiger partial charge in [-0.1, -0.05) is 27.5 Å². The Morgan fingerprint density at radius 3 is 2.69 bits per heavy atom. The maximum Gasteiger partial charge on any atom is 0.174 e. The van der Waals surface area contributed by atoms with Crippen LogP contribution in [0.5, 0.6) is 0 Å². The number of hydrogen-bond acceptors (Lipinski definition) is 2. The van der Waals surface area contributed by atoms with E-state index in [1.165, 1.54) is 0 Å². The average Bonchev–Trinajstić information content (AvgIpc) is 2.13. The summed E-state index contributed by atoms with van der Waals surface area (Å²) in [7, 11) is 0. The maximum atomic E-state index is 11.3. The third-order valence-corrected chi connectivity index (χ3v) is 3.24. The predicted octanol–water partition coefficient (Wildman–Crippen LogP) is 3.26. The Bertz CT molecular complexity index is 354. The van der Waals surface area contributed by atoms with Gasteiger partial charge in [0.05, 0.1) is 20.5 Å². The van der Waals surface area contributed by atoms with Crippen LogP contribution in [-0.4, -0.2) is 11.1 Å². The molecule has 0 fully saturated rings. The quantitative estimate of drug-likeness (QED) is 0.515. The number of benzene rings is 1. The Balaban J connectivity index is 3.26. The van der Waals surface area contributed by atoms with Crippen LogP contribution in [0.15, 0.2) is 16.6 Å². The van der Waals surface area contributed by atoms with E-state index in [-0.39, 0.29) is 11.1 Å². The van der Waals surface area contributed by atoms with Crippen molar-refractivity contribution in [2.24, 2.45) is 0 Å². The Morgan fingerprint density at radius 1 is 1.54 bits per heavy atom. The lowest BCUT2D eigenvalue weighted by atomic mass is 10.1. The smallest absolute Gasteiger partial charge is 0.174 e. The zero-order chi connectivity index (χ0) is 10.0. The standard InChI is InChI=1S/C8H6Br2ClNO/c9-3-6(13)4-1-2-5(11)8(12)7(4)10/h1-2H,3,12H2. The second-order valence-electron chi connectivity index (χ2n) is 2.38. The van der Waals surface area contributed by atoms with E-state index < -0.39 is 0 Å². The lowest BCUT2D eigenvalue weighted by molar-refractivity contribution is 0.102. The second-order valence-corrected chi connectivity index (χ2v) is 4.14. The fourth-order valence-corrected chi connectivity index (χ4v) is 2.00. The lowest BCUT2D eigenvalue weighted by Crippen LogP contribution is -2.03. The first-order valence-electron chi connectivity index (χ1n) is 3.40. The van der Waals surface area contributed by atoms with Crippen molar-refractivity contribution in [3.63, 3.8) is 0 Å². The van der Waals surface area contributed by atoms with Gasteiger partial charge in [0.1, 0.15) is 0 Å². The third kappa shape index (κ3) is 2.24. The molecule has 0 atom stereocenters. The number of hydrogen-bond donors (Lipinski definition) is 1. The van der Waals surface area contributed by atoms with Crippen molar-refractivity contribution in [3.8, 4) is 0 Å². The van der Waals surface area contributed by atoms with Crippen LogP contribution >= 0.6 is 43.5 Å². The number of halogens is 3. The SMILES string of the molecule is Nc1c(Cl)ccc(C(=O)CBr)c1Br. The van der Waals surface area contributed by atoms with E-state index in [2.05, 4.69) is 31.9 Å². The van der Waals surface area contributed by atoms with Crippen LogP contribution in [0.2, 0.25) is 5.02 Å². The number of Topliss-reactive ketones (excluding diaryl/α,β-unsaturated/α-hetero) is 1. The summed E-state index contributed by atoms with van der Waals surface area (Å²) in [5.74, 6) is -0.0322. The van der Waals surface area contributed by atoms with Crippen molar-refractivity contribution in [3.05, 3.63) is 27.2 Å². The predicted molar refractivity (Wildman–Crippen MR) is 61.7 cm³/mol. The third-order valence-electron chi connectivity index (χ3n) is 1.55. The molecule has 0 amide bonds. The first-order chi connectivity index (χ1) is 6.07. The van der Waals surface area contributed by atoms with Gasteiger partial charge in [-0.25, -0.2) is 0 Å². The zero-order valence-corrected chi connectivity index (χ0v) is 10.4. The maximum absolute atomic E-state index is 11.3. The normalized spacial score (nSPS) is 10.1. The highest BCUT2D eigenvalue weighted by Gasteiger charge is 2.12. The summed E-state index contributed by atoms with van der Waals surface area (Å²) in [5, 5.41) is 0.713. The number of carbonyl (C=O) groups is 1. The molecule has 0 aliphatic heterocycles. The number of carbonyl (C=O) groups excluding carboxylic acids is 1. The van der Waals surface area contributed by atoms with E-state index in [0.29, 0.717) is 20.7 Å². The molecule has 0 saturated heterocycles. The fourth-order valence-electron chi connectivity index (χ4n) is 0.857. The van der Waals surface area contributed by atoms with Crippen molar-refractivity contribution >= 4 is 54.9 Å². The summed E-state index contributed by atoms with van der Waals surface area (Å²) in [6.07, 6.45) is 0. The van der Waals surface area contributed by atoms with Gasteiger partial charge in [0.15, 0.2) is 5.78 Å². The summed E-state index contributed by atoms with van der Waals surface area (Å²) in [6, 6.07) is 3.25. The monoisotopic (exact) mass is 325 g/mol. The minimum atomic E-state index is -0.0322. The van der Waals surface area contributed by atoms with Gasteiger partial charge in [-0.15, -0.1) is 0 Å². The summed E-state index contributed by atoms with van der Waals surface area (Å²) < 4.78 is 0.560. The van der Waals surface area contributed by atoms with Crippen molar-refractivity contribution in [1.29, 1.82) is 0 Å². The molecule has 1 rings (SSSR count). The van der Waals surface area contributed by atoms with Crippen LogP contribution < -0.4 is 5.73 Å². The molecule has 0 aromatic heterocycles. The molecule has 0 aliphatic rings. The topological polar surface area (TPSA) is 43.1 Å². The van der Waals surface area contributed by atoms with Crippen LogP contribution in [0.25, 0.3) is 0 Å². The number of rotatable bonds is 2. The summed E-state index contributed by atoms with van der Waals surface area (Å²) in [4.78, 5) is 11.3. The molecule has 0 spiro atoms. The van der Waals surface area contributed by atoms with E-state index in [1.54, 1.807) is 12.1 Å². The molecule has 1 aromatic rings. The molecule has 0 bridgehead atoms. The number of ketones is 1. The van der Waals surface area contributed by atoms with Crippen molar-refractivity contribution in [1.82, 2.24) is 0 Å². The highest BCUT2D eigenvalue weighted by molar-refractivity contribution is 9.10. The van der Waals surface area contributed by atoms with Crippen LogP contribution in [0, 0.1) is 0 Å². The zero-order valence-electron chi connectivity index (χ0n) is 6.48.